The Kier molecular flexibility index (Phi) is 9.48. The molecule has 228 valence electrons. The molecule has 1 aromatic carbocycles. The van der Waals surface area contributed by atoms with Crippen LogP contribution in [0.1, 0.15) is 90.4 Å². The van der Waals surface area contributed by atoms with Gasteiger partial charge < -0.3 is 30.3 Å². The van der Waals surface area contributed by atoms with Gasteiger partial charge in [0, 0.05) is 25.9 Å². The SMILES string of the molecule is CC(C)[C@@H]1NC(=O)[C@@H](NC(=O)c2nnc3n2CCCC3)CCCCNC(=O)c2coc(n2)[C@@H](Cc2ccccc2)NC1=O. The number of fused-ring (bicyclic) bond motifs is 3. The Balaban J connectivity index is 1.39. The summed E-state index contributed by atoms with van der Waals surface area (Å²) in [6.45, 7) is 4.66. The van der Waals surface area contributed by atoms with Crippen molar-refractivity contribution in [2.75, 3.05) is 6.54 Å². The van der Waals surface area contributed by atoms with Crippen LogP contribution in [-0.4, -0.2) is 62.0 Å². The number of aryl methyl sites for hydroxylation is 1. The molecule has 2 aliphatic heterocycles. The Morgan fingerprint density at radius 2 is 1.86 bits per heavy atom. The van der Waals surface area contributed by atoms with E-state index in [0.717, 1.165) is 30.7 Å². The second kappa shape index (κ2) is 13.6. The number of aromatic nitrogens is 4. The first-order valence-corrected chi connectivity index (χ1v) is 14.9. The van der Waals surface area contributed by atoms with Crippen molar-refractivity contribution in [3.63, 3.8) is 0 Å². The van der Waals surface area contributed by atoms with Crippen LogP contribution in [0.5, 0.6) is 0 Å². The molecule has 0 radical (unpaired) electrons. The Hall–Kier alpha value is -4.55. The lowest BCUT2D eigenvalue weighted by Gasteiger charge is -2.27. The molecule has 0 spiro atoms. The summed E-state index contributed by atoms with van der Waals surface area (Å²) in [5.74, 6) is -0.952. The smallest absolute Gasteiger partial charge is 0.289 e. The van der Waals surface area contributed by atoms with E-state index >= 15 is 0 Å². The topological polar surface area (TPSA) is 173 Å². The van der Waals surface area contributed by atoms with Crippen molar-refractivity contribution >= 4 is 23.6 Å². The summed E-state index contributed by atoms with van der Waals surface area (Å²) >= 11 is 0. The molecule has 2 aromatic heterocycles. The van der Waals surface area contributed by atoms with Crippen molar-refractivity contribution in [3.05, 3.63) is 65.4 Å². The Bertz CT molecular complexity index is 1450. The summed E-state index contributed by atoms with van der Waals surface area (Å²) < 4.78 is 7.46. The van der Waals surface area contributed by atoms with E-state index in [0.29, 0.717) is 38.8 Å². The van der Waals surface area contributed by atoms with Crippen LogP contribution in [0.25, 0.3) is 0 Å². The predicted octanol–water partition coefficient (Wildman–Crippen LogP) is 1.86. The van der Waals surface area contributed by atoms with Gasteiger partial charge >= 0.3 is 0 Å². The van der Waals surface area contributed by atoms with Gasteiger partial charge in [-0.25, -0.2) is 4.98 Å². The molecular weight excluding hydrogens is 552 g/mol. The van der Waals surface area contributed by atoms with E-state index in [1.165, 1.54) is 6.26 Å². The van der Waals surface area contributed by atoms with Gasteiger partial charge in [0.2, 0.25) is 23.5 Å². The first-order valence-electron chi connectivity index (χ1n) is 14.9. The number of nitrogens with zero attached hydrogens (tertiary/aromatic N) is 4. The van der Waals surface area contributed by atoms with E-state index in [2.05, 4.69) is 36.4 Å². The third kappa shape index (κ3) is 7.27. The van der Waals surface area contributed by atoms with Crippen molar-refractivity contribution in [3.8, 4) is 0 Å². The minimum absolute atomic E-state index is 0.116. The van der Waals surface area contributed by atoms with Crippen molar-refractivity contribution < 1.29 is 23.6 Å². The maximum absolute atomic E-state index is 13.7. The van der Waals surface area contributed by atoms with Gasteiger partial charge in [-0.15, -0.1) is 10.2 Å². The number of amides is 4. The molecule has 4 amide bonds. The number of benzene rings is 1. The summed E-state index contributed by atoms with van der Waals surface area (Å²) in [7, 11) is 0. The van der Waals surface area contributed by atoms with Gasteiger partial charge in [-0.1, -0.05) is 44.2 Å². The van der Waals surface area contributed by atoms with Crippen LogP contribution in [0.3, 0.4) is 0 Å². The van der Waals surface area contributed by atoms with Crippen molar-refractivity contribution in [1.82, 2.24) is 41.0 Å². The minimum atomic E-state index is -0.923. The first-order chi connectivity index (χ1) is 20.8. The molecule has 13 heteroatoms. The minimum Gasteiger partial charge on any atom is -0.446 e. The molecule has 43 heavy (non-hydrogen) atoms. The fourth-order valence-corrected chi connectivity index (χ4v) is 5.39. The highest BCUT2D eigenvalue weighted by atomic mass is 16.3. The van der Waals surface area contributed by atoms with Gasteiger partial charge in [0.1, 0.15) is 30.2 Å². The molecule has 0 fully saturated rings. The Morgan fingerprint density at radius 1 is 1.05 bits per heavy atom. The normalized spacial score (nSPS) is 21.8. The van der Waals surface area contributed by atoms with Crippen LogP contribution in [0, 0.1) is 5.92 Å². The second-order valence-electron chi connectivity index (χ2n) is 11.4. The number of carbonyl (C=O) groups excluding carboxylic acids is 4. The summed E-state index contributed by atoms with van der Waals surface area (Å²) in [4.78, 5) is 57.7. The van der Waals surface area contributed by atoms with Gasteiger partial charge in [-0.3, -0.25) is 19.2 Å². The van der Waals surface area contributed by atoms with Gasteiger partial charge in [0.25, 0.3) is 11.8 Å². The van der Waals surface area contributed by atoms with Crippen LogP contribution in [0.2, 0.25) is 0 Å². The van der Waals surface area contributed by atoms with Gasteiger partial charge in [-0.05, 0) is 43.6 Å². The van der Waals surface area contributed by atoms with Gasteiger partial charge in [0.05, 0.1) is 0 Å². The first kappa shape index (κ1) is 29.9. The van der Waals surface area contributed by atoms with E-state index in [1.807, 2.05) is 44.2 Å². The molecule has 2 aliphatic rings. The largest absolute Gasteiger partial charge is 0.446 e. The lowest BCUT2D eigenvalue weighted by atomic mass is 10.00. The number of hydrogen-bond acceptors (Lipinski definition) is 8. The average molecular weight is 591 g/mol. The highest BCUT2D eigenvalue weighted by Gasteiger charge is 2.33. The highest BCUT2D eigenvalue weighted by molar-refractivity contribution is 5.96. The third-order valence-corrected chi connectivity index (χ3v) is 7.79. The van der Waals surface area contributed by atoms with Crippen LogP contribution >= 0.6 is 0 Å². The third-order valence-electron chi connectivity index (χ3n) is 7.79. The second-order valence-corrected chi connectivity index (χ2v) is 11.4. The van der Waals surface area contributed by atoms with Crippen molar-refractivity contribution in [2.45, 2.75) is 83.5 Å². The summed E-state index contributed by atoms with van der Waals surface area (Å²) in [6.07, 6.45) is 5.68. The number of oxazole rings is 1. The van der Waals surface area contributed by atoms with Crippen LogP contribution in [0.4, 0.5) is 0 Å². The zero-order valence-electron chi connectivity index (χ0n) is 24.5. The molecule has 2 bridgehead atoms. The molecule has 5 rings (SSSR count). The lowest BCUT2D eigenvalue weighted by molar-refractivity contribution is -0.131. The fraction of sp³-hybridized carbons (Fsp3) is 0.500. The highest BCUT2D eigenvalue weighted by Crippen LogP contribution is 2.20. The van der Waals surface area contributed by atoms with Gasteiger partial charge in [-0.2, -0.15) is 0 Å². The zero-order valence-corrected chi connectivity index (χ0v) is 24.5. The Labute approximate surface area is 249 Å². The summed E-state index contributed by atoms with van der Waals surface area (Å²) in [6, 6.07) is 6.99. The molecule has 3 atom stereocenters. The quantitative estimate of drug-likeness (QED) is 0.348. The number of hydrogen-bond donors (Lipinski definition) is 4. The van der Waals surface area contributed by atoms with E-state index in [4.69, 9.17) is 4.42 Å². The molecule has 13 nitrogen and oxygen atoms in total. The van der Waals surface area contributed by atoms with Crippen molar-refractivity contribution in [1.29, 1.82) is 0 Å². The van der Waals surface area contributed by atoms with E-state index in [1.54, 1.807) is 4.57 Å². The number of carbonyl (C=O) groups is 4. The number of nitrogens with one attached hydrogen (secondary N) is 4. The molecule has 4 heterocycles. The fourth-order valence-electron chi connectivity index (χ4n) is 5.39. The summed E-state index contributed by atoms with van der Waals surface area (Å²) in [5.41, 5.74) is 1.04. The lowest BCUT2D eigenvalue weighted by Crippen LogP contribution is -2.56. The van der Waals surface area contributed by atoms with E-state index in [9.17, 15) is 19.2 Å². The monoisotopic (exact) mass is 590 g/mol. The average Bonchev–Trinajstić information content (AvgIpc) is 3.67. The molecule has 3 aromatic rings. The molecule has 4 N–H and O–H groups in total. The molecule has 0 unspecified atom stereocenters. The number of rotatable bonds is 5. The maximum Gasteiger partial charge on any atom is 0.289 e. The Morgan fingerprint density at radius 3 is 2.65 bits per heavy atom. The van der Waals surface area contributed by atoms with E-state index < -0.39 is 41.8 Å². The predicted molar refractivity (Wildman–Crippen MR) is 155 cm³/mol. The molecule has 0 saturated heterocycles. The molecule has 0 aliphatic carbocycles. The van der Waals surface area contributed by atoms with Crippen molar-refractivity contribution in [2.24, 2.45) is 5.92 Å². The van der Waals surface area contributed by atoms with Crippen LogP contribution < -0.4 is 21.3 Å². The molecule has 0 saturated carbocycles. The summed E-state index contributed by atoms with van der Waals surface area (Å²) in [5, 5.41) is 19.7. The van der Waals surface area contributed by atoms with Crippen LogP contribution in [0.15, 0.2) is 41.0 Å². The standard InChI is InChI=1S/C30H38N8O5/c1-18(2)24-28(41)33-21(16-19-10-4-3-5-11-19)30-34-22(17-43-30)26(39)31-14-8-6-12-20(27(40)35-24)32-29(42)25-37-36-23-13-7-9-15-38(23)25/h3-5,10-11,17-18,20-21,24H,6-9,12-16H2,1-2H3,(H,31,39)(H,32,42)(H,33,41)(H,35,40)/t20-,21+,24-/m0/s1. The van der Waals surface area contributed by atoms with Gasteiger partial charge in [0.15, 0.2) is 5.69 Å². The van der Waals surface area contributed by atoms with Crippen LogP contribution in [-0.2, 0) is 29.0 Å². The molecular formula is C30H38N8O5. The maximum atomic E-state index is 13.7. The van der Waals surface area contributed by atoms with E-state index in [-0.39, 0.29) is 23.3 Å². The zero-order chi connectivity index (χ0) is 30.3.